The third-order valence-corrected chi connectivity index (χ3v) is 5.10. The molecule has 7 heteroatoms. The Bertz CT molecular complexity index is 815. The lowest BCUT2D eigenvalue weighted by molar-refractivity contribution is -0.136. The molecule has 1 aliphatic rings. The Hall–Kier alpha value is -2.67. The summed E-state index contributed by atoms with van der Waals surface area (Å²) in [5.41, 5.74) is 2.56. The maximum absolute atomic E-state index is 12.9. The van der Waals surface area contributed by atoms with E-state index >= 15 is 0 Å². The molecule has 2 aromatic rings. The maximum atomic E-state index is 12.9. The van der Waals surface area contributed by atoms with Crippen molar-refractivity contribution in [3.63, 3.8) is 0 Å². The minimum absolute atomic E-state index is 0.00473. The highest BCUT2D eigenvalue weighted by molar-refractivity contribution is 5.94. The van der Waals surface area contributed by atoms with Crippen LogP contribution in [0.2, 0.25) is 0 Å². The normalized spacial score (nSPS) is 17.0. The van der Waals surface area contributed by atoms with Gasteiger partial charge in [-0.05, 0) is 32.0 Å². The van der Waals surface area contributed by atoms with Gasteiger partial charge in [0.2, 0.25) is 5.91 Å². The van der Waals surface area contributed by atoms with Crippen LogP contribution >= 0.6 is 0 Å². The SMILES string of the molecule is CCn1ccc(CC(=O)N2CCN(C(=O)c3ccc(C)cc3)CC2COC)n1. The number of rotatable bonds is 6. The first-order valence-electron chi connectivity index (χ1n) is 9.68. The summed E-state index contributed by atoms with van der Waals surface area (Å²) < 4.78 is 7.14. The van der Waals surface area contributed by atoms with Crippen LogP contribution in [0.4, 0.5) is 0 Å². The van der Waals surface area contributed by atoms with Crippen LogP contribution in [0.3, 0.4) is 0 Å². The van der Waals surface area contributed by atoms with Gasteiger partial charge < -0.3 is 14.5 Å². The summed E-state index contributed by atoms with van der Waals surface area (Å²) in [6, 6.07) is 9.30. The molecule has 1 aliphatic heterocycles. The topological polar surface area (TPSA) is 67.7 Å². The quantitative estimate of drug-likeness (QED) is 0.761. The molecule has 0 N–H and O–H groups in total. The second kappa shape index (κ2) is 9.01. The van der Waals surface area contributed by atoms with Crippen LogP contribution in [0.1, 0.15) is 28.5 Å². The lowest BCUT2D eigenvalue weighted by Gasteiger charge is -2.41. The van der Waals surface area contributed by atoms with E-state index in [4.69, 9.17) is 4.74 Å². The van der Waals surface area contributed by atoms with E-state index in [1.54, 1.807) is 7.11 Å². The van der Waals surface area contributed by atoms with Crippen molar-refractivity contribution in [2.75, 3.05) is 33.4 Å². The fourth-order valence-corrected chi connectivity index (χ4v) is 3.51. The molecule has 7 nitrogen and oxygen atoms in total. The molecule has 1 aromatic carbocycles. The van der Waals surface area contributed by atoms with E-state index in [1.165, 1.54) is 0 Å². The van der Waals surface area contributed by atoms with Gasteiger partial charge in [-0.3, -0.25) is 14.3 Å². The number of carbonyl (C=O) groups is 2. The number of carbonyl (C=O) groups excluding carboxylic acids is 2. The number of amides is 2. The number of piperazine rings is 1. The Balaban J connectivity index is 1.67. The summed E-state index contributed by atoms with van der Waals surface area (Å²) in [7, 11) is 1.62. The Morgan fingerprint density at radius 1 is 1.18 bits per heavy atom. The van der Waals surface area contributed by atoms with Gasteiger partial charge in [-0.15, -0.1) is 0 Å². The highest BCUT2D eigenvalue weighted by Crippen LogP contribution is 2.16. The molecule has 0 radical (unpaired) electrons. The number of aryl methyl sites for hydroxylation is 2. The summed E-state index contributed by atoms with van der Waals surface area (Å²) in [6.45, 7) is 6.66. The molecule has 1 atom stereocenters. The maximum Gasteiger partial charge on any atom is 0.253 e. The Kier molecular flexibility index (Phi) is 6.46. The second-order valence-corrected chi connectivity index (χ2v) is 7.15. The van der Waals surface area contributed by atoms with E-state index in [0.29, 0.717) is 31.8 Å². The van der Waals surface area contributed by atoms with Crippen LogP contribution in [0.25, 0.3) is 0 Å². The number of benzene rings is 1. The lowest BCUT2D eigenvalue weighted by atomic mass is 10.1. The number of hydrogen-bond acceptors (Lipinski definition) is 4. The van der Waals surface area contributed by atoms with Gasteiger partial charge in [0.25, 0.3) is 5.91 Å². The van der Waals surface area contributed by atoms with E-state index in [0.717, 1.165) is 17.8 Å². The third kappa shape index (κ3) is 4.59. The van der Waals surface area contributed by atoms with Crippen molar-refractivity contribution >= 4 is 11.8 Å². The van der Waals surface area contributed by atoms with Crippen molar-refractivity contribution < 1.29 is 14.3 Å². The van der Waals surface area contributed by atoms with Gasteiger partial charge in [-0.1, -0.05) is 17.7 Å². The molecule has 1 unspecified atom stereocenters. The van der Waals surface area contributed by atoms with Crippen LogP contribution < -0.4 is 0 Å². The predicted molar refractivity (Wildman–Crippen MR) is 106 cm³/mol. The van der Waals surface area contributed by atoms with Crippen molar-refractivity contribution in [1.82, 2.24) is 19.6 Å². The monoisotopic (exact) mass is 384 g/mol. The van der Waals surface area contributed by atoms with Crippen LogP contribution in [-0.4, -0.2) is 70.8 Å². The van der Waals surface area contributed by atoms with Crippen LogP contribution in [0.15, 0.2) is 36.5 Å². The molecule has 0 spiro atoms. The summed E-state index contributed by atoms with van der Waals surface area (Å²) >= 11 is 0. The van der Waals surface area contributed by atoms with Crippen molar-refractivity contribution in [3.05, 3.63) is 53.3 Å². The van der Waals surface area contributed by atoms with Gasteiger partial charge in [0.05, 0.1) is 24.8 Å². The molecule has 0 aliphatic carbocycles. The Morgan fingerprint density at radius 3 is 2.57 bits per heavy atom. The van der Waals surface area contributed by atoms with Gasteiger partial charge in [0.1, 0.15) is 0 Å². The summed E-state index contributed by atoms with van der Waals surface area (Å²) in [5, 5.41) is 4.40. The van der Waals surface area contributed by atoms with Crippen molar-refractivity contribution in [1.29, 1.82) is 0 Å². The molecule has 2 heterocycles. The van der Waals surface area contributed by atoms with E-state index in [2.05, 4.69) is 5.10 Å². The van der Waals surface area contributed by atoms with Gasteiger partial charge in [-0.2, -0.15) is 5.10 Å². The average molecular weight is 384 g/mol. The van der Waals surface area contributed by atoms with Gasteiger partial charge in [-0.25, -0.2) is 0 Å². The zero-order valence-electron chi connectivity index (χ0n) is 16.8. The number of aromatic nitrogens is 2. The molecule has 0 saturated carbocycles. The largest absolute Gasteiger partial charge is 0.382 e. The molecule has 28 heavy (non-hydrogen) atoms. The highest BCUT2D eigenvalue weighted by Gasteiger charge is 2.33. The minimum atomic E-state index is -0.158. The molecular formula is C21H28N4O3. The molecule has 3 rings (SSSR count). The first kappa shape index (κ1) is 20.1. The Labute approximate surface area is 165 Å². The standard InChI is InChI=1S/C21H28N4O3/c1-4-24-10-9-18(22-24)13-20(26)25-12-11-23(14-19(25)15-28-3)21(27)17-7-5-16(2)6-8-17/h5-10,19H,4,11-15H2,1-3H3. The smallest absolute Gasteiger partial charge is 0.253 e. The summed E-state index contributed by atoms with van der Waals surface area (Å²) in [6.07, 6.45) is 2.15. The second-order valence-electron chi connectivity index (χ2n) is 7.15. The van der Waals surface area contributed by atoms with E-state index < -0.39 is 0 Å². The summed E-state index contributed by atoms with van der Waals surface area (Å²) in [4.78, 5) is 29.3. The van der Waals surface area contributed by atoms with Crippen molar-refractivity contribution in [3.8, 4) is 0 Å². The van der Waals surface area contributed by atoms with E-state index in [9.17, 15) is 9.59 Å². The predicted octanol–water partition coefficient (Wildman–Crippen LogP) is 1.75. The zero-order chi connectivity index (χ0) is 20.1. The summed E-state index contributed by atoms with van der Waals surface area (Å²) in [5.74, 6) is 0.0146. The van der Waals surface area contributed by atoms with Gasteiger partial charge in [0.15, 0.2) is 0 Å². The number of nitrogens with zero attached hydrogens (tertiary/aromatic N) is 4. The van der Waals surface area contributed by atoms with Gasteiger partial charge in [0, 0.05) is 45.0 Å². The van der Waals surface area contributed by atoms with Crippen LogP contribution in [0.5, 0.6) is 0 Å². The molecular weight excluding hydrogens is 356 g/mol. The Morgan fingerprint density at radius 2 is 1.93 bits per heavy atom. The molecule has 150 valence electrons. The van der Waals surface area contributed by atoms with Crippen LogP contribution in [-0.2, 0) is 22.5 Å². The molecule has 1 fully saturated rings. The van der Waals surface area contributed by atoms with E-state index in [1.807, 2.05) is 64.9 Å². The number of methoxy groups -OCH3 is 1. The molecule has 0 bridgehead atoms. The molecule has 1 saturated heterocycles. The van der Waals surface area contributed by atoms with Crippen molar-refractivity contribution in [2.45, 2.75) is 32.9 Å². The fraction of sp³-hybridized carbons (Fsp3) is 0.476. The lowest BCUT2D eigenvalue weighted by Crippen LogP contribution is -2.58. The average Bonchev–Trinajstić information content (AvgIpc) is 3.15. The molecule has 2 amide bonds. The first-order valence-corrected chi connectivity index (χ1v) is 9.68. The van der Waals surface area contributed by atoms with Crippen LogP contribution in [0, 0.1) is 6.92 Å². The number of hydrogen-bond donors (Lipinski definition) is 0. The van der Waals surface area contributed by atoms with Gasteiger partial charge >= 0.3 is 0 Å². The highest BCUT2D eigenvalue weighted by atomic mass is 16.5. The minimum Gasteiger partial charge on any atom is -0.382 e. The first-order chi connectivity index (χ1) is 13.5. The van der Waals surface area contributed by atoms with Crippen molar-refractivity contribution in [2.24, 2.45) is 0 Å². The van der Waals surface area contributed by atoms with E-state index in [-0.39, 0.29) is 24.3 Å². The number of ether oxygens (including phenoxy) is 1. The third-order valence-electron chi connectivity index (χ3n) is 5.10. The molecule has 1 aromatic heterocycles. The fourth-order valence-electron chi connectivity index (χ4n) is 3.51. The zero-order valence-corrected chi connectivity index (χ0v) is 16.8.